The SMILES string of the molecule is COc1ccccc1C1C=C2C(=CC1Cl)NC(=O)C21c2c(c[nH]c2C(C)C)C(=O)N1c1cccc(Cl)c1. The number of nitrogens with zero attached hydrogens (tertiary/aromatic N) is 1. The van der Waals surface area contributed by atoms with E-state index in [1.54, 1.807) is 42.5 Å². The Balaban J connectivity index is 1.65. The number of para-hydroxylation sites is 1. The molecule has 37 heavy (non-hydrogen) atoms. The maximum atomic E-state index is 14.2. The van der Waals surface area contributed by atoms with Gasteiger partial charge in [0.1, 0.15) is 5.75 Å². The number of methoxy groups -OCH3 is 1. The van der Waals surface area contributed by atoms with Crippen LogP contribution in [0.15, 0.2) is 78.1 Å². The average Bonchev–Trinajstić information content (AvgIpc) is 3.50. The summed E-state index contributed by atoms with van der Waals surface area (Å²) >= 11 is 13.2. The van der Waals surface area contributed by atoms with E-state index in [0.29, 0.717) is 38.9 Å². The first-order valence-electron chi connectivity index (χ1n) is 12.1. The van der Waals surface area contributed by atoms with Crippen LogP contribution in [0.5, 0.6) is 5.75 Å². The fourth-order valence-electron chi connectivity index (χ4n) is 5.91. The molecule has 1 spiro atoms. The number of amides is 2. The highest BCUT2D eigenvalue weighted by molar-refractivity contribution is 6.31. The van der Waals surface area contributed by atoms with Crippen molar-refractivity contribution in [3.63, 3.8) is 0 Å². The molecule has 2 aliphatic heterocycles. The summed E-state index contributed by atoms with van der Waals surface area (Å²) in [6.07, 6.45) is 5.58. The first-order chi connectivity index (χ1) is 17.8. The number of hydrogen-bond acceptors (Lipinski definition) is 3. The fourth-order valence-corrected chi connectivity index (χ4v) is 6.43. The van der Waals surface area contributed by atoms with E-state index in [0.717, 1.165) is 11.3 Å². The van der Waals surface area contributed by atoms with Crippen LogP contribution in [0.4, 0.5) is 5.69 Å². The fraction of sp³-hybridized carbons (Fsp3) is 0.241. The third-order valence-corrected chi connectivity index (χ3v) is 8.09. The van der Waals surface area contributed by atoms with Crippen molar-refractivity contribution in [2.24, 2.45) is 0 Å². The molecule has 6 rings (SSSR count). The Morgan fingerprint density at radius 3 is 2.59 bits per heavy atom. The van der Waals surface area contributed by atoms with Gasteiger partial charge in [0.25, 0.3) is 11.8 Å². The molecule has 1 saturated heterocycles. The van der Waals surface area contributed by atoms with Crippen LogP contribution in [0.2, 0.25) is 5.02 Å². The van der Waals surface area contributed by atoms with Gasteiger partial charge in [-0.05, 0) is 36.3 Å². The first kappa shape index (κ1) is 23.9. The third kappa shape index (κ3) is 3.25. The van der Waals surface area contributed by atoms with E-state index in [1.165, 1.54) is 0 Å². The topological polar surface area (TPSA) is 74.4 Å². The highest BCUT2D eigenvalue weighted by atomic mass is 35.5. The molecule has 0 bridgehead atoms. The van der Waals surface area contributed by atoms with Crippen LogP contribution in [-0.4, -0.2) is 29.3 Å². The first-order valence-corrected chi connectivity index (χ1v) is 12.9. The normalized spacial score (nSPS) is 24.2. The van der Waals surface area contributed by atoms with Crippen LogP contribution >= 0.6 is 23.2 Å². The molecule has 8 heteroatoms. The van der Waals surface area contributed by atoms with Gasteiger partial charge >= 0.3 is 0 Å². The van der Waals surface area contributed by atoms with Gasteiger partial charge in [-0.1, -0.05) is 55.8 Å². The van der Waals surface area contributed by atoms with Gasteiger partial charge in [-0.3, -0.25) is 14.5 Å². The van der Waals surface area contributed by atoms with Crippen molar-refractivity contribution in [2.75, 3.05) is 12.0 Å². The van der Waals surface area contributed by atoms with Crippen molar-refractivity contribution >= 4 is 40.7 Å². The molecule has 6 nitrogen and oxygen atoms in total. The number of benzene rings is 2. The Morgan fingerprint density at radius 2 is 1.86 bits per heavy atom. The Morgan fingerprint density at radius 1 is 1.08 bits per heavy atom. The minimum Gasteiger partial charge on any atom is -0.496 e. The van der Waals surface area contributed by atoms with Crippen LogP contribution in [-0.2, 0) is 10.3 Å². The molecule has 0 radical (unpaired) electrons. The number of hydrogen-bond donors (Lipinski definition) is 2. The van der Waals surface area contributed by atoms with E-state index in [1.807, 2.05) is 50.3 Å². The number of carbonyl (C=O) groups is 2. The monoisotopic (exact) mass is 533 g/mol. The summed E-state index contributed by atoms with van der Waals surface area (Å²) in [5, 5.41) is 3.09. The van der Waals surface area contributed by atoms with Crippen molar-refractivity contribution in [2.45, 2.75) is 36.6 Å². The van der Waals surface area contributed by atoms with E-state index in [9.17, 15) is 9.59 Å². The van der Waals surface area contributed by atoms with Crippen LogP contribution < -0.4 is 15.0 Å². The number of H-pyrrole nitrogens is 1. The molecule has 3 aliphatic rings. The number of halogens is 2. The Kier molecular flexibility index (Phi) is 5.51. The minimum absolute atomic E-state index is 0.0450. The lowest BCUT2D eigenvalue weighted by Crippen LogP contribution is -2.51. The van der Waals surface area contributed by atoms with Gasteiger partial charge in [-0.15, -0.1) is 11.6 Å². The van der Waals surface area contributed by atoms with Crippen molar-refractivity contribution < 1.29 is 14.3 Å². The van der Waals surface area contributed by atoms with Gasteiger partial charge < -0.3 is 15.0 Å². The average molecular weight is 534 g/mol. The van der Waals surface area contributed by atoms with E-state index in [-0.39, 0.29) is 23.7 Å². The molecule has 2 N–H and O–H groups in total. The van der Waals surface area contributed by atoms with Crippen LogP contribution in [0, 0.1) is 0 Å². The van der Waals surface area contributed by atoms with Crippen molar-refractivity contribution in [3.8, 4) is 5.75 Å². The Labute approximate surface area is 224 Å². The second-order valence-electron chi connectivity index (χ2n) is 9.80. The maximum absolute atomic E-state index is 14.2. The van der Waals surface area contributed by atoms with E-state index in [4.69, 9.17) is 27.9 Å². The molecule has 3 unspecified atom stereocenters. The highest BCUT2D eigenvalue weighted by Gasteiger charge is 2.64. The summed E-state index contributed by atoms with van der Waals surface area (Å²) in [6.45, 7) is 4.08. The molecule has 3 heterocycles. The van der Waals surface area contributed by atoms with Crippen molar-refractivity contribution in [1.82, 2.24) is 10.3 Å². The summed E-state index contributed by atoms with van der Waals surface area (Å²) in [6, 6.07) is 14.7. The summed E-state index contributed by atoms with van der Waals surface area (Å²) in [7, 11) is 1.62. The number of anilines is 1. The molecule has 1 aromatic heterocycles. The standard InChI is InChI=1S/C29H25Cl2N3O3/c1-15(2)26-25-20(14-32-26)27(35)34(17-8-6-7-16(30)11-17)29(25)21-12-19(18-9-4-5-10-24(18)37-3)22(31)13-23(21)33-28(29)36/h4-15,19,22,32H,1-3H3,(H,33,36). The van der Waals surface area contributed by atoms with Gasteiger partial charge in [0.05, 0.1) is 18.1 Å². The van der Waals surface area contributed by atoms with Gasteiger partial charge in [0.2, 0.25) is 0 Å². The quantitative estimate of drug-likeness (QED) is 0.404. The summed E-state index contributed by atoms with van der Waals surface area (Å²) in [5.74, 6) is -0.105. The number of allylic oxidation sites excluding steroid dienone is 2. The lowest BCUT2D eigenvalue weighted by atomic mass is 9.76. The number of aromatic amines is 1. The maximum Gasteiger partial charge on any atom is 0.261 e. The lowest BCUT2D eigenvalue weighted by Gasteiger charge is -2.37. The number of carbonyl (C=O) groups excluding carboxylic acids is 2. The van der Waals surface area contributed by atoms with E-state index >= 15 is 0 Å². The molecule has 188 valence electrons. The third-order valence-electron chi connectivity index (χ3n) is 7.46. The van der Waals surface area contributed by atoms with Crippen molar-refractivity contribution in [1.29, 1.82) is 0 Å². The zero-order valence-electron chi connectivity index (χ0n) is 20.5. The molecular weight excluding hydrogens is 509 g/mol. The molecule has 1 aliphatic carbocycles. The second-order valence-corrected chi connectivity index (χ2v) is 10.7. The number of ether oxygens (including phenoxy) is 1. The van der Waals surface area contributed by atoms with Crippen molar-refractivity contribution in [3.05, 3.63) is 106 Å². The van der Waals surface area contributed by atoms with Gasteiger partial charge in [0, 0.05) is 50.9 Å². The van der Waals surface area contributed by atoms with Gasteiger partial charge in [0.15, 0.2) is 5.54 Å². The number of aromatic nitrogens is 1. The zero-order valence-corrected chi connectivity index (χ0v) is 22.0. The number of alkyl halides is 1. The molecule has 3 atom stereocenters. The summed E-state index contributed by atoms with van der Waals surface area (Å²) in [4.78, 5) is 33.1. The van der Waals surface area contributed by atoms with Crippen LogP contribution in [0.25, 0.3) is 0 Å². The van der Waals surface area contributed by atoms with E-state index in [2.05, 4.69) is 10.3 Å². The van der Waals surface area contributed by atoms with E-state index < -0.39 is 10.9 Å². The molecule has 2 amide bonds. The number of fused-ring (bicyclic) bond motifs is 4. The van der Waals surface area contributed by atoms with Gasteiger partial charge in [-0.25, -0.2) is 0 Å². The molecule has 2 aromatic carbocycles. The predicted molar refractivity (Wildman–Crippen MR) is 145 cm³/mol. The number of nitrogens with one attached hydrogen (secondary N) is 2. The Bertz CT molecular complexity index is 1520. The minimum atomic E-state index is -1.42. The smallest absolute Gasteiger partial charge is 0.261 e. The zero-order chi connectivity index (χ0) is 26.1. The van der Waals surface area contributed by atoms with Gasteiger partial charge in [-0.2, -0.15) is 0 Å². The number of rotatable bonds is 4. The molecule has 0 saturated carbocycles. The Hall–Kier alpha value is -3.48. The molecule has 1 fully saturated rings. The van der Waals surface area contributed by atoms with Crippen LogP contribution in [0.3, 0.4) is 0 Å². The summed E-state index contributed by atoms with van der Waals surface area (Å²) < 4.78 is 5.64. The lowest BCUT2D eigenvalue weighted by molar-refractivity contribution is -0.122. The molecule has 3 aromatic rings. The highest BCUT2D eigenvalue weighted by Crippen LogP contribution is 2.56. The van der Waals surface area contributed by atoms with Crippen LogP contribution in [0.1, 0.15) is 52.9 Å². The molecular formula is C29H25Cl2N3O3. The summed E-state index contributed by atoms with van der Waals surface area (Å²) in [5.41, 5.74) is 3.32. The predicted octanol–water partition coefficient (Wildman–Crippen LogP) is 6.00. The second kappa shape index (κ2) is 8.54. The largest absolute Gasteiger partial charge is 0.496 e.